The number of pyridine rings is 1. The summed E-state index contributed by atoms with van der Waals surface area (Å²) in [6, 6.07) is 18.3. The molecule has 0 aliphatic heterocycles. The van der Waals surface area contributed by atoms with Gasteiger partial charge < -0.3 is 10.6 Å². The second-order valence-corrected chi connectivity index (χ2v) is 6.30. The summed E-state index contributed by atoms with van der Waals surface area (Å²) >= 11 is 0. The molecule has 0 unspecified atom stereocenters. The van der Waals surface area contributed by atoms with Crippen LogP contribution in [0.3, 0.4) is 0 Å². The van der Waals surface area contributed by atoms with Crippen LogP contribution in [0.15, 0.2) is 67.1 Å². The normalized spacial score (nSPS) is 10.8. The number of rotatable bonds is 3. The smallest absolute Gasteiger partial charge is 0.144 e. The van der Waals surface area contributed by atoms with E-state index in [4.69, 9.17) is 5.73 Å². The van der Waals surface area contributed by atoms with Crippen molar-refractivity contribution in [2.24, 2.45) is 0 Å². The number of hydrogen-bond acceptors (Lipinski definition) is 5. The van der Waals surface area contributed by atoms with E-state index in [2.05, 4.69) is 57.1 Å². The molecule has 0 aliphatic carbocycles. The molecule has 0 saturated carbocycles. The van der Waals surface area contributed by atoms with Gasteiger partial charge in [0.1, 0.15) is 18.0 Å². The minimum Gasteiger partial charge on any atom is -0.384 e. The molecule has 0 spiro atoms. The highest BCUT2D eigenvalue weighted by molar-refractivity contribution is 5.94. The summed E-state index contributed by atoms with van der Waals surface area (Å²) in [5.41, 5.74) is 11.0. The van der Waals surface area contributed by atoms with Crippen LogP contribution in [0.5, 0.6) is 0 Å². The zero-order chi connectivity index (χ0) is 18.1. The van der Waals surface area contributed by atoms with Crippen molar-refractivity contribution >= 4 is 28.2 Å². The van der Waals surface area contributed by atoms with Crippen LogP contribution < -0.4 is 10.6 Å². The number of aromatic nitrogens is 3. The van der Waals surface area contributed by atoms with E-state index in [1.165, 1.54) is 5.56 Å². The Morgan fingerprint density at radius 3 is 2.35 bits per heavy atom. The first kappa shape index (κ1) is 16.0. The zero-order valence-corrected chi connectivity index (χ0v) is 14.7. The first-order valence-corrected chi connectivity index (χ1v) is 8.39. The number of nitrogens with two attached hydrogens (primary N) is 1. The number of hydrogen-bond donors (Lipinski definition) is 1. The lowest BCUT2D eigenvalue weighted by Crippen LogP contribution is -2.12. The average Bonchev–Trinajstić information content (AvgIpc) is 2.68. The van der Waals surface area contributed by atoms with Gasteiger partial charge in [0.2, 0.25) is 0 Å². The van der Waals surface area contributed by atoms with E-state index in [1.807, 2.05) is 25.2 Å². The van der Waals surface area contributed by atoms with Gasteiger partial charge >= 0.3 is 0 Å². The molecule has 0 amide bonds. The van der Waals surface area contributed by atoms with E-state index >= 15 is 0 Å². The van der Waals surface area contributed by atoms with Gasteiger partial charge in [-0.05, 0) is 48.9 Å². The molecule has 5 heteroatoms. The van der Waals surface area contributed by atoms with Crippen molar-refractivity contribution in [3.63, 3.8) is 0 Å². The van der Waals surface area contributed by atoms with Crippen LogP contribution in [0, 0.1) is 6.92 Å². The van der Waals surface area contributed by atoms with Crippen LogP contribution in [-0.2, 0) is 0 Å². The fourth-order valence-corrected chi connectivity index (χ4v) is 2.96. The van der Waals surface area contributed by atoms with Gasteiger partial charge in [-0.15, -0.1) is 0 Å². The Morgan fingerprint density at radius 1 is 0.846 bits per heavy atom. The molecule has 0 fully saturated rings. The van der Waals surface area contributed by atoms with Crippen LogP contribution >= 0.6 is 0 Å². The molecule has 0 radical (unpaired) electrons. The Morgan fingerprint density at radius 2 is 1.62 bits per heavy atom. The fourth-order valence-electron chi connectivity index (χ4n) is 2.96. The highest BCUT2D eigenvalue weighted by atomic mass is 15.2. The van der Waals surface area contributed by atoms with Crippen LogP contribution in [0.25, 0.3) is 22.0 Å². The van der Waals surface area contributed by atoms with Crippen LogP contribution in [0.4, 0.5) is 17.3 Å². The third-order valence-electron chi connectivity index (χ3n) is 4.47. The Hall–Kier alpha value is -3.47. The van der Waals surface area contributed by atoms with Gasteiger partial charge in [0.25, 0.3) is 0 Å². The lowest BCUT2D eigenvalue weighted by atomic mass is 10.0. The standard InChI is InChI=1S/C21H19N5/c1-14-3-7-17(8-4-14)26(2)21-18-11-15(5-9-19(18)24-13-25-21)16-6-10-20(22)23-12-16/h3-13H,1-2H3,(H2,22,23). The van der Waals surface area contributed by atoms with E-state index < -0.39 is 0 Å². The molecule has 26 heavy (non-hydrogen) atoms. The maximum absolute atomic E-state index is 5.70. The number of benzene rings is 2. The number of nitrogen functional groups attached to an aromatic ring is 1. The van der Waals surface area contributed by atoms with Gasteiger partial charge in [-0.1, -0.05) is 23.8 Å². The molecule has 4 rings (SSSR count). The first-order valence-electron chi connectivity index (χ1n) is 8.39. The quantitative estimate of drug-likeness (QED) is 0.600. The SMILES string of the molecule is Cc1ccc(N(C)c2ncnc3ccc(-c4ccc(N)nc4)cc23)cc1. The fraction of sp³-hybridized carbons (Fsp3) is 0.0952. The van der Waals surface area contributed by atoms with Crippen molar-refractivity contribution in [3.05, 3.63) is 72.7 Å². The van der Waals surface area contributed by atoms with E-state index in [0.717, 1.165) is 33.5 Å². The highest BCUT2D eigenvalue weighted by Gasteiger charge is 2.12. The van der Waals surface area contributed by atoms with Crippen LogP contribution in [-0.4, -0.2) is 22.0 Å². The Labute approximate surface area is 152 Å². The molecule has 2 aromatic carbocycles. The summed E-state index contributed by atoms with van der Waals surface area (Å²) in [7, 11) is 2.02. The zero-order valence-electron chi connectivity index (χ0n) is 14.7. The third kappa shape index (κ3) is 2.95. The molecule has 0 bridgehead atoms. The Kier molecular flexibility index (Phi) is 3.97. The summed E-state index contributed by atoms with van der Waals surface area (Å²) in [5.74, 6) is 1.38. The van der Waals surface area contributed by atoms with E-state index in [1.54, 1.807) is 18.6 Å². The largest absolute Gasteiger partial charge is 0.384 e. The second kappa shape index (κ2) is 6.44. The molecule has 2 heterocycles. The molecule has 2 aromatic heterocycles. The summed E-state index contributed by atoms with van der Waals surface area (Å²) in [6.45, 7) is 2.08. The number of aryl methyl sites for hydroxylation is 1. The summed E-state index contributed by atoms with van der Waals surface area (Å²) < 4.78 is 0. The average molecular weight is 341 g/mol. The van der Waals surface area contributed by atoms with Crippen molar-refractivity contribution in [3.8, 4) is 11.1 Å². The van der Waals surface area contributed by atoms with E-state index in [9.17, 15) is 0 Å². The van der Waals surface area contributed by atoms with Gasteiger partial charge in [-0.25, -0.2) is 15.0 Å². The monoisotopic (exact) mass is 341 g/mol. The Bertz CT molecular complexity index is 1060. The van der Waals surface area contributed by atoms with Gasteiger partial charge in [-0.2, -0.15) is 0 Å². The Balaban J connectivity index is 1.83. The molecule has 0 saturated heterocycles. The second-order valence-electron chi connectivity index (χ2n) is 6.30. The maximum Gasteiger partial charge on any atom is 0.144 e. The predicted molar refractivity (Wildman–Crippen MR) is 106 cm³/mol. The molecule has 0 aliphatic rings. The highest BCUT2D eigenvalue weighted by Crippen LogP contribution is 2.31. The summed E-state index contributed by atoms with van der Waals surface area (Å²) in [4.78, 5) is 15.2. The van der Waals surface area contributed by atoms with Gasteiger partial charge in [0.15, 0.2) is 0 Å². The van der Waals surface area contributed by atoms with Crippen molar-refractivity contribution in [2.75, 3.05) is 17.7 Å². The minimum atomic E-state index is 0.512. The number of nitrogens with zero attached hydrogens (tertiary/aromatic N) is 4. The van der Waals surface area contributed by atoms with Gasteiger partial charge in [-0.3, -0.25) is 0 Å². The lowest BCUT2D eigenvalue weighted by molar-refractivity contribution is 1.11. The minimum absolute atomic E-state index is 0.512. The topological polar surface area (TPSA) is 67.9 Å². The molecule has 4 aromatic rings. The van der Waals surface area contributed by atoms with Crippen LogP contribution in [0.2, 0.25) is 0 Å². The molecular weight excluding hydrogens is 322 g/mol. The van der Waals surface area contributed by atoms with Crippen molar-refractivity contribution in [1.82, 2.24) is 15.0 Å². The van der Waals surface area contributed by atoms with Crippen molar-refractivity contribution in [2.45, 2.75) is 6.92 Å². The summed E-state index contributed by atoms with van der Waals surface area (Å²) in [5, 5.41) is 0.991. The van der Waals surface area contributed by atoms with Crippen molar-refractivity contribution in [1.29, 1.82) is 0 Å². The first-order chi connectivity index (χ1) is 12.6. The van der Waals surface area contributed by atoms with Gasteiger partial charge in [0.05, 0.1) is 5.52 Å². The van der Waals surface area contributed by atoms with Crippen molar-refractivity contribution < 1.29 is 0 Å². The molecular formula is C21H19N5. The molecule has 0 atom stereocenters. The number of anilines is 3. The third-order valence-corrected chi connectivity index (χ3v) is 4.47. The lowest BCUT2D eigenvalue weighted by Gasteiger charge is -2.20. The van der Waals surface area contributed by atoms with Gasteiger partial charge in [0, 0.05) is 29.9 Å². The molecule has 5 nitrogen and oxygen atoms in total. The molecule has 2 N–H and O–H groups in total. The molecule has 128 valence electrons. The maximum atomic E-state index is 5.70. The van der Waals surface area contributed by atoms with Crippen LogP contribution in [0.1, 0.15) is 5.56 Å². The van der Waals surface area contributed by atoms with E-state index in [-0.39, 0.29) is 0 Å². The summed E-state index contributed by atoms with van der Waals surface area (Å²) in [6.07, 6.45) is 3.39. The van der Waals surface area contributed by atoms with E-state index in [0.29, 0.717) is 5.82 Å². The number of fused-ring (bicyclic) bond motifs is 1. The predicted octanol–water partition coefficient (Wildman–Crippen LogP) is 4.35.